The fourth-order valence-electron chi connectivity index (χ4n) is 1.57. The first-order chi connectivity index (χ1) is 8.13. The molecule has 1 aromatic heterocycles. The average molecular weight is 232 g/mol. The Hall–Kier alpha value is -2.30. The number of carbonyl (C=O) groups is 1. The number of phenols is 1. The van der Waals surface area contributed by atoms with Crippen LogP contribution in [0.2, 0.25) is 0 Å². The summed E-state index contributed by atoms with van der Waals surface area (Å²) in [5, 5.41) is 13.8. The summed E-state index contributed by atoms with van der Waals surface area (Å²) in [4.78, 5) is 11.3. The van der Waals surface area contributed by atoms with E-state index in [1.165, 1.54) is 11.8 Å². The smallest absolute Gasteiger partial charge is 0.358 e. The standard InChI is InChI=1S/C12H12N2O3/c1-8-7-9(12(16)17-2)13-14(8)10-5-3-4-6-11(10)15/h3-7,15H,1-2H3. The van der Waals surface area contributed by atoms with E-state index in [4.69, 9.17) is 0 Å². The largest absolute Gasteiger partial charge is 0.506 e. The summed E-state index contributed by atoms with van der Waals surface area (Å²) in [5.74, 6) is -0.391. The number of carbonyl (C=O) groups excluding carboxylic acids is 1. The van der Waals surface area contributed by atoms with Gasteiger partial charge in [0, 0.05) is 5.69 Å². The van der Waals surface area contributed by atoms with Gasteiger partial charge in [-0.3, -0.25) is 0 Å². The summed E-state index contributed by atoms with van der Waals surface area (Å²) in [5.41, 5.74) is 1.49. The lowest BCUT2D eigenvalue weighted by Gasteiger charge is -2.05. The minimum atomic E-state index is -0.498. The lowest BCUT2D eigenvalue weighted by molar-refractivity contribution is 0.0593. The number of phenolic OH excluding ortho intramolecular Hbond substituents is 1. The van der Waals surface area contributed by atoms with Gasteiger partial charge in [0.05, 0.1) is 7.11 Å². The van der Waals surface area contributed by atoms with Gasteiger partial charge in [-0.15, -0.1) is 0 Å². The minimum absolute atomic E-state index is 0.107. The fraction of sp³-hybridized carbons (Fsp3) is 0.167. The van der Waals surface area contributed by atoms with Crippen LogP contribution in [0.3, 0.4) is 0 Å². The SMILES string of the molecule is COC(=O)c1cc(C)n(-c2ccccc2O)n1. The molecule has 0 aliphatic carbocycles. The van der Waals surface area contributed by atoms with E-state index in [9.17, 15) is 9.90 Å². The van der Waals surface area contributed by atoms with Gasteiger partial charge in [-0.05, 0) is 25.1 Å². The van der Waals surface area contributed by atoms with Crippen molar-refractivity contribution in [3.05, 3.63) is 41.7 Å². The normalized spacial score (nSPS) is 10.2. The van der Waals surface area contributed by atoms with Crippen LogP contribution in [0.1, 0.15) is 16.2 Å². The van der Waals surface area contributed by atoms with Crippen LogP contribution < -0.4 is 0 Å². The second kappa shape index (κ2) is 4.29. The van der Waals surface area contributed by atoms with Crippen molar-refractivity contribution in [1.82, 2.24) is 9.78 Å². The highest BCUT2D eigenvalue weighted by atomic mass is 16.5. The van der Waals surface area contributed by atoms with Crippen molar-refractivity contribution < 1.29 is 14.6 Å². The van der Waals surface area contributed by atoms with Crippen molar-refractivity contribution in [1.29, 1.82) is 0 Å². The summed E-state index contributed by atoms with van der Waals surface area (Å²) < 4.78 is 6.10. The van der Waals surface area contributed by atoms with Gasteiger partial charge < -0.3 is 9.84 Å². The van der Waals surface area contributed by atoms with Gasteiger partial charge in [-0.2, -0.15) is 5.10 Å². The molecule has 0 unspecified atom stereocenters. The van der Waals surface area contributed by atoms with E-state index < -0.39 is 5.97 Å². The maximum absolute atomic E-state index is 11.3. The minimum Gasteiger partial charge on any atom is -0.506 e. The maximum Gasteiger partial charge on any atom is 0.358 e. The molecule has 0 bridgehead atoms. The lowest BCUT2D eigenvalue weighted by Crippen LogP contribution is -2.04. The summed E-state index contributed by atoms with van der Waals surface area (Å²) >= 11 is 0. The van der Waals surface area contributed by atoms with E-state index in [-0.39, 0.29) is 11.4 Å². The molecule has 0 atom stereocenters. The molecule has 88 valence electrons. The third-order valence-electron chi connectivity index (χ3n) is 2.39. The van der Waals surface area contributed by atoms with Gasteiger partial charge in [0.25, 0.3) is 0 Å². The van der Waals surface area contributed by atoms with E-state index in [0.717, 1.165) is 5.69 Å². The lowest BCUT2D eigenvalue weighted by atomic mass is 10.3. The second-order valence-corrected chi connectivity index (χ2v) is 3.56. The van der Waals surface area contributed by atoms with Gasteiger partial charge in [0.15, 0.2) is 5.69 Å². The van der Waals surface area contributed by atoms with Crippen molar-refractivity contribution >= 4 is 5.97 Å². The van der Waals surface area contributed by atoms with E-state index in [0.29, 0.717) is 5.69 Å². The number of aryl methyl sites for hydroxylation is 1. The van der Waals surface area contributed by atoms with Crippen molar-refractivity contribution in [3.8, 4) is 11.4 Å². The number of hydrogen-bond acceptors (Lipinski definition) is 4. The van der Waals surface area contributed by atoms with Crippen LogP contribution in [-0.2, 0) is 4.74 Å². The molecule has 1 heterocycles. The Balaban J connectivity index is 2.50. The average Bonchev–Trinajstić information content (AvgIpc) is 2.71. The molecule has 0 fully saturated rings. The predicted molar refractivity (Wildman–Crippen MR) is 61.3 cm³/mol. The van der Waals surface area contributed by atoms with Crippen LogP contribution in [-0.4, -0.2) is 28.0 Å². The maximum atomic E-state index is 11.3. The zero-order chi connectivity index (χ0) is 12.4. The molecule has 0 aliphatic heterocycles. The number of ether oxygens (including phenoxy) is 1. The highest BCUT2D eigenvalue weighted by molar-refractivity contribution is 5.87. The van der Waals surface area contributed by atoms with Crippen LogP contribution in [0, 0.1) is 6.92 Å². The number of rotatable bonds is 2. The van der Waals surface area contributed by atoms with Crippen LogP contribution >= 0.6 is 0 Å². The van der Waals surface area contributed by atoms with Crippen molar-refractivity contribution in [3.63, 3.8) is 0 Å². The molecule has 1 N–H and O–H groups in total. The molecule has 0 saturated carbocycles. The third-order valence-corrected chi connectivity index (χ3v) is 2.39. The first kappa shape index (κ1) is 11.2. The highest BCUT2D eigenvalue weighted by Gasteiger charge is 2.14. The Morgan fingerprint density at radius 1 is 1.41 bits per heavy atom. The fourth-order valence-corrected chi connectivity index (χ4v) is 1.57. The summed E-state index contributed by atoms with van der Waals surface area (Å²) in [7, 11) is 1.30. The Labute approximate surface area is 98.3 Å². The number of hydrogen-bond donors (Lipinski definition) is 1. The Morgan fingerprint density at radius 3 is 2.76 bits per heavy atom. The molecule has 0 saturated heterocycles. The number of methoxy groups -OCH3 is 1. The van der Waals surface area contributed by atoms with E-state index >= 15 is 0 Å². The Bertz CT molecular complexity index is 561. The van der Waals surface area contributed by atoms with Crippen LogP contribution in [0.4, 0.5) is 0 Å². The molecule has 2 aromatic rings. The Kier molecular flexibility index (Phi) is 2.82. The zero-order valence-corrected chi connectivity index (χ0v) is 9.54. The quantitative estimate of drug-likeness (QED) is 0.800. The second-order valence-electron chi connectivity index (χ2n) is 3.56. The molecular formula is C12H12N2O3. The number of aromatic nitrogens is 2. The molecule has 0 spiro atoms. The molecule has 17 heavy (non-hydrogen) atoms. The van der Waals surface area contributed by atoms with Crippen LogP contribution in [0.25, 0.3) is 5.69 Å². The number of para-hydroxylation sites is 2. The van der Waals surface area contributed by atoms with Crippen molar-refractivity contribution in [2.24, 2.45) is 0 Å². The Morgan fingerprint density at radius 2 is 2.12 bits per heavy atom. The number of nitrogens with zero attached hydrogens (tertiary/aromatic N) is 2. The number of benzene rings is 1. The first-order valence-corrected chi connectivity index (χ1v) is 5.07. The molecule has 5 nitrogen and oxygen atoms in total. The van der Waals surface area contributed by atoms with Gasteiger partial charge >= 0.3 is 5.97 Å². The molecule has 0 aliphatic rings. The molecular weight excluding hydrogens is 220 g/mol. The topological polar surface area (TPSA) is 64.3 Å². The summed E-state index contributed by atoms with van der Waals surface area (Å²) in [6, 6.07) is 8.40. The van der Waals surface area contributed by atoms with Crippen LogP contribution in [0.15, 0.2) is 30.3 Å². The first-order valence-electron chi connectivity index (χ1n) is 5.07. The molecule has 0 amide bonds. The van der Waals surface area contributed by atoms with Gasteiger partial charge in [0.2, 0.25) is 0 Å². The summed E-state index contributed by atoms with van der Waals surface area (Å²) in [6.07, 6.45) is 0. The van der Waals surface area contributed by atoms with E-state index in [2.05, 4.69) is 9.84 Å². The van der Waals surface area contributed by atoms with Crippen LogP contribution in [0.5, 0.6) is 5.75 Å². The number of aromatic hydroxyl groups is 1. The molecule has 0 radical (unpaired) electrons. The van der Waals surface area contributed by atoms with Gasteiger partial charge in [-0.25, -0.2) is 9.48 Å². The third kappa shape index (κ3) is 1.99. The molecule has 2 rings (SSSR count). The van der Waals surface area contributed by atoms with Crippen molar-refractivity contribution in [2.45, 2.75) is 6.92 Å². The van der Waals surface area contributed by atoms with E-state index in [1.807, 2.05) is 0 Å². The van der Waals surface area contributed by atoms with E-state index in [1.54, 1.807) is 37.3 Å². The monoisotopic (exact) mass is 232 g/mol. The van der Waals surface area contributed by atoms with Gasteiger partial charge in [0.1, 0.15) is 11.4 Å². The zero-order valence-electron chi connectivity index (χ0n) is 9.54. The van der Waals surface area contributed by atoms with Gasteiger partial charge in [-0.1, -0.05) is 12.1 Å². The predicted octanol–water partition coefficient (Wildman–Crippen LogP) is 1.67. The summed E-state index contributed by atoms with van der Waals surface area (Å²) in [6.45, 7) is 1.80. The molecule has 1 aromatic carbocycles. The van der Waals surface area contributed by atoms with Crippen molar-refractivity contribution in [2.75, 3.05) is 7.11 Å². The highest BCUT2D eigenvalue weighted by Crippen LogP contribution is 2.22. The molecule has 5 heteroatoms. The number of esters is 1.